The van der Waals surface area contributed by atoms with Gasteiger partial charge in [0, 0.05) is 12.5 Å². The van der Waals surface area contributed by atoms with E-state index in [1.165, 1.54) is 12.1 Å². The van der Waals surface area contributed by atoms with Gasteiger partial charge in [-0.2, -0.15) is 0 Å². The van der Waals surface area contributed by atoms with Crippen molar-refractivity contribution < 1.29 is 13.9 Å². The van der Waals surface area contributed by atoms with Gasteiger partial charge in [0.1, 0.15) is 17.7 Å². The molecule has 1 saturated heterocycles. The molecular weight excluding hydrogens is 209 g/mol. The van der Waals surface area contributed by atoms with Crippen molar-refractivity contribution in [1.82, 2.24) is 0 Å². The maximum atomic E-state index is 13.3. The predicted molar refractivity (Wildman–Crippen MR) is 59.0 cm³/mol. The molecule has 0 saturated carbocycles. The average Bonchev–Trinajstić information content (AvgIpc) is 2.70. The third-order valence-electron chi connectivity index (χ3n) is 2.55. The van der Waals surface area contributed by atoms with Gasteiger partial charge in [-0.1, -0.05) is 0 Å². The average molecular weight is 225 g/mol. The monoisotopic (exact) mass is 225 g/mol. The van der Waals surface area contributed by atoms with Crippen molar-refractivity contribution in [3.8, 4) is 5.75 Å². The van der Waals surface area contributed by atoms with E-state index in [0.29, 0.717) is 25.3 Å². The standard InChI is InChI=1S/C12H16FNO2/c13-10-5-9(1-3-14)6-12(7-10)16-11-2-4-15-8-11/h5-7,11H,1-4,8,14H2. The van der Waals surface area contributed by atoms with Crippen LogP contribution in [-0.2, 0) is 11.2 Å². The molecule has 0 radical (unpaired) electrons. The Morgan fingerprint density at radius 3 is 3.00 bits per heavy atom. The van der Waals surface area contributed by atoms with Gasteiger partial charge in [-0.15, -0.1) is 0 Å². The van der Waals surface area contributed by atoms with Crippen LogP contribution in [0.15, 0.2) is 18.2 Å². The fourth-order valence-electron chi connectivity index (χ4n) is 1.80. The first kappa shape index (κ1) is 11.4. The quantitative estimate of drug-likeness (QED) is 0.844. The molecule has 0 aliphatic carbocycles. The third kappa shape index (κ3) is 2.93. The summed E-state index contributed by atoms with van der Waals surface area (Å²) in [5, 5.41) is 0. The molecule has 4 heteroatoms. The van der Waals surface area contributed by atoms with Crippen LogP contribution in [0.5, 0.6) is 5.75 Å². The Balaban J connectivity index is 2.06. The zero-order valence-electron chi connectivity index (χ0n) is 9.12. The Morgan fingerprint density at radius 2 is 2.31 bits per heavy atom. The van der Waals surface area contributed by atoms with Crippen molar-refractivity contribution in [2.45, 2.75) is 18.9 Å². The molecule has 0 spiro atoms. The molecule has 3 nitrogen and oxygen atoms in total. The van der Waals surface area contributed by atoms with E-state index in [1.54, 1.807) is 0 Å². The third-order valence-corrected chi connectivity index (χ3v) is 2.55. The van der Waals surface area contributed by atoms with Crippen molar-refractivity contribution in [2.24, 2.45) is 5.73 Å². The fraction of sp³-hybridized carbons (Fsp3) is 0.500. The van der Waals surface area contributed by atoms with Crippen LogP contribution in [0.1, 0.15) is 12.0 Å². The van der Waals surface area contributed by atoms with Crippen molar-refractivity contribution in [2.75, 3.05) is 19.8 Å². The summed E-state index contributed by atoms with van der Waals surface area (Å²) in [7, 11) is 0. The van der Waals surface area contributed by atoms with Crippen LogP contribution < -0.4 is 10.5 Å². The van der Waals surface area contributed by atoms with E-state index in [1.807, 2.05) is 6.07 Å². The molecule has 2 N–H and O–H groups in total. The molecule has 1 aromatic rings. The number of hydrogen-bond donors (Lipinski definition) is 1. The second kappa shape index (κ2) is 5.27. The van der Waals surface area contributed by atoms with Crippen molar-refractivity contribution in [3.63, 3.8) is 0 Å². The maximum Gasteiger partial charge on any atom is 0.127 e. The van der Waals surface area contributed by atoms with Crippen LogP contribution in [-0.4, -0.2) is 25.9 Å². The summed E-state index contributed by atoms with van der Waals surface area (Å²) in [6.07, 6.45) is 1.57. The van der Waals surface area contributed by atoms with Crippen LogP contribution in [0.2, 0.25) is 0 Å². The second-order valence-electron chi connectivity index (χ2n) is 3.94. The summed E-state index contributed by atoms with van der Waals surface area (Å²) in [5.74, 6) is 0.291. The SMILES string of the molecule is NCCc1cc(F)cc(OC2CCOC2)c1. The van der Waals surface area contributed by atoms with E-state index in [9.17, 15) is 4.39 Å². The van der Waals surface area contributed by atoms with E-state index in [0.717, 1.165) is 18.6 Å². The number of nitrogens with two attached hydrogens (primary N) is 1. The molecule has 2 rings (SSSR count). The number of benzene rings is 1. The Kier molecular flexibility index (Phi) is 3.74. The Bertz CT molecular complexity index is 351. The summed E-state index contributed by atoms with van der Waals surface area (Å²) >= 11 is 0. The van der Waals surface area contributed by atoms with Gasteiger partial charge < -0.3 is 15.2 Å². The van der Waals surface area contributed by atoms with Crippen molar-refractivity contribution in [3.05, 3.63) is 29.6 Å². The van der Waals surface area contributed by atoms with Crippen LogP contribution in [0.4, 0.5) is 4.39 Å². The molecule has 1 unspecified atom stereocenters. The van der Waals surface area contributed by atoms with Crippen molar-refractivity contribution >= 4 is 0 Å². The van der Waals surface area contributed by atoms with Crippen LogP contribution >= 0.6 is 0 Å². The summed E-state index contributed by atoms with van der Waals surface area (Å²) < 4.78 is 24.1. The molecule has 1 heterocycles. The Labute approximate surface area is 94.3 Å². The highest BCUT2D eigenvalue weighted by molar-refractivity contribution is 5.30. The predicted octanol–water partition coefficient (Wildman–Crippen LogP) is 1.49. The van der Waals surface area contributed by atoms with Gasteiger partial charge >= 0.3 is 0 Å². The Morgan fingerprint density at radius 1 is 1.44 bits per heavy atom. The van der Waals surface area contributed by atoms with Crippen LogP contribution in [0.3, 0.4) is 0 Å². The molecule has 1 aliphatic heterocycles. The van der Waals surface area contributed by atoms with Gasteiger partial charge in [0.05, 0.1) is 13.2 Å². The summed E-state index contributed by atoms with van der Waals surface area (Å²) in [6.45, 7) is 1.81. The van der Waals surface area contributed by atoms with E-state index in [2.05, 4.69) is 0 Å². The van der Waals surface area contributed by atoms with E-state index < -0.39 is 0 Å². The Hall–Kier alpha value is -1.13. The van der Waals surface area contributed by atoms with Gasteiger partial charge in [-0.3, -0.25) is 0 Å². The lowest BCUT2D eigenvalue weighted by atomic mass is 10.1. The minimum absolute atomic E-state index is 0.0486. The van der Waals surface area contributed by atoms with E-state index in [-0.39, 0.29) is 11.9 Å². The maximum absolute atomic E-state index is 13.3. The van der Waals surface area contributed by atoms with Crippen molar-refractivity contribution in [1.29, 1.82) is 0 Å². The largest absolute Gasteiger partial charge is 0.488 e. The molecule has 1 aromatic carbocycles. The van der Waals surface area contributed by atoms with Gasteiger partial charge in [0.15, 0.2) is 0 Å². The van der Waals surface area contributed by atoms with Gasteiger partial charge in [-0.25, -0.2) is 4.39 Å². The molecule has 1 aliphatic rings. The lowest BCUT2D eigenvalue weighted by Crippen LogP contribution is -2.16. The topological polar surface area (TPSA) is 44.5 Å². The van der Waals surface area contributed by atoms with Gasteiger partial charge in [0.25, 0.3) is 0 Å². The molecule has 16 heavy (non-hydrogen) atoms. The molecule has 0 aromatic heterocycles. The molecule has 1 atom stereocenters. The summed E-state index contributed by atoms with van der Waals surface area (Å²) in [6, 6.07) is 4.73. The molecule has 0 amide bonds. The minimum Gasteiger partial charge on any atom is -0.488 e. The number of rotatable bonds is 4. The van der Waals surface area contributed by atoms with Gasteiger partial charge in [0.2, 0.25) is 0 Å². The smallest absolute Gasteiger partial charge is 0.127 e. The zero-order chi connectivity index (χ0) is 11.4. The molecule has 1 fully saturated rings. The molecular formula is C12H16FNO2. The highest BCUT2D eigenvalue weighted by Crippen LogP contribution is 2.20. The highest BCUT2D eigenvalue weighted by Gasteiger charge is 2.17. The molecule has 88 valence electrons. The first-order chi connectivity index (χ1) is 7.78. The minimum atomic E-state index is -0.278. The normalized spacial score (nSPS) is 20.0. The zero-order valence-corrected chi connectivity index (χ0v) is 9.12. The lowest BCUT2D eigenvalue weighted by molar-refractivity contribution is 0.141. The first-order valence-corrected chi connectivity index (χ1v) is 5.52. The van der Waals surface area contributed by atoms with E-state index >= 15 is 0 Å². The number of ether oxygens (including phenoxy) is 2. The van der Waals surface area contributed by atoms with Crippen LogP contribution in [0, 0.1) is 5.82 Å². The first-order valence-electron chi connectivity index (χ1n) is 5.52. The fourth-order valence-corrected chi connectivity index (χ4v) is 1.80. The summed E-state index contributed by atoms with van der Waals surface area (Å²) in [5.41, 5.74) is 6.31. The second-order valence-corrected chi connectivity index (χ2v) is 3.94. The van der Waals surface area contributed by atoms with E-state index in [4.69, 9.17) is 15.2 Å². The molecule has 0 bridgehead atoms. The lowest BCUT2D eigenvalue weighted by Gasteiger charge is -2.12. The number of halogens is 1. The van der Waals surface area contributed by atoms with Crippen LogP contribution in [0.25, 0.3) is 0 Å². The number of hydrogen-bond acceptors (Lipinski definition) is 3. The highest BCUT2D eigenvalue weighted by atomic mass is 19.1. The summed E-state index contributed by atoms with van der Waals surface area (Å²) in [4.78, 5) is 0. The van der Waals surface area contributed by atoms with Gasteiger partial charge in [-0.05, 0) is 30.7 Å².